The number of methoxy groups -OCH3 is 2. The van der Waals surface area contributed by atoms with Crippen LogP contribution in [0.2, 0.25) is 0 Å². The molecule has 2 fully saturated rings. The number of carbonyl (C=O) groups excluding carboxylic acids is 4. The van der Waals surface area contributed by atoms with E-state index in [2.05, 4.69) is 4.74 Å². The Morgan fingerprint density at radius 2 is 1.38 bits per heavy atom. The lowest BCUT2D eigenvalue weighted by Crippen LogP contribution is -2.51. The van der Waals surface area contributed by atoms with E-state index in [1.54, 1.807) is 19.1 Å². The van der Waals surface area contributed by atoms with E-state index in [9.17, 15) is 19.2 Å². The number of hydrogen-bond donors (Lipinski definition) is 0. The van der Waals surface area contributed by atoms with Crippen LogP contribution in [-0.2, 0) is 38.1 Å². The van der Waals surface area contributed by atoms with Gasteiger partial charge in [0.05, 0.1) is 39.6 Å². The van der Waals surface area contributed by atoms with Gasteiger partial charge >= 0.3 is 11.9 Å². The predicted octanol–water partition coefficient (Wildman–Crippen LogP) is 4.08. The van der Waals surface area contributed by atoms with Crippen LogP contribution in [0.5, 0.6) is 0 Å². The quantitative estimate of drug-likeness (QED) is 0.403. The Morgan fingerprint density at radius 3 is 1.95 bits per heavy atom. The minimum atomic E-state index is -1.27. The molecule has 8 heteroatoms. The van der Waals surface area contributed by atoms with Crippen molar-refractivity contribution in [2.24, 2.45) is 11.3 Å². The second kappa shape index (κ2) is 14.3. The highest BCUT2D eigenvalue weighted by molar-refractivity contribution is 6.05. The second-order valence-electron chi connectivity index (χ2n) is 9.25. The van der Waals surface area contributed by atoms with Crippen LogP contribution < -0.4 is 0 Å². The molecule has 8 nitrogen and oxygen atoms in total. The number of rotatable bonds is 6. The van der Waals surface area contributed by atoms with Gasteiger partial charge in [0.15, 0.2) is 17.0 Å². The van der Waals surface area contributed by atoms with Crippen LogP contribution in [0.4, 0.5) is 0 Å². The molecule has 0 N–H and O–H groups in total. The Labute approximate surface area is 228 Å². The first-order valence-corrected chi connectivity index (χ1v) is 12.7. The molecule has 206 valence electrons. The second-order valence-corrected chi connectivity index (χ2v) is 9.25. The van der Waals surface area contributed by atoms with Crippen molar-refractivity contribution < 1.29 is 38.1 Å². The van der Waals surface area contributed by atoms with Gasteiger partial charge in [-0.2, -0.15) is 0 Å². The van der Waals surface area contributed by atoms with E-state index >= 15 is 0 Å². The molecule has 4 rings (SSSR count). The van der Waals surface area contributed by atoms with Crippen molar-refractivity contribution in [2.45, 2.75) is 32.0 Å². The van der Waals surface area contributed by atoms with E-state index in [-0.39, 0.29) is 24.4 Å². The summed E-state index contributed by atoms with van der Waals surface area (Å²) in [5.74, 6) is -2.20. The van der Waals surface area contributed by atoms with Crippen molar-refractivity contribution >= 4 is 35.7 Å². The first-order chi connectivity index (χ1) is 18.8. The minimum absolute atomic E-state index is 0.124. The number of hydrogen-bond acceptors (Lipinski definition) is 8. The normalized spacial score (nSPS) is 25.2. The van der Waals surface area contributed by atoms with Crippen molar-refractivity contribution in [1.82, 2.24) is 0 Å². The third-order valence-corrected chi connectivity index (χ3v) is 6.71. The Balaban J connectivity index is 0.000000216. The topological polar surface area (TPSA) is 105 Å². The maximum Gasteiger partial charge on any atom is 0.322 e. The molecule has 2 aromatic rings. The molecule has 0 saturated carbocycles. The number of ketones is 2. The summed E-state index contributed by atoms with van der Waals surface area (Å²) >= 11 is 0. The third kappa shape index (κ3) is 7.59. The summed E-state index contributed by atoms with van der Waals surface area (Å²) in [5.41, 5.74) is 0.715. The molecule has 0 amide bonds. The number of carbonyl (C=O) groups is 4. The number of ether oxygens (including phenoxy) is 4. The van der Waals surface area contributed by atoms with E-state index in [1.165, 1.54) is 14.2 Å². The molecule has 2 aliphatic heterocycles. The van der Waals surface area contributed by atoms with Gasteiger partial charge in [0, 0.05) is 12.8 Å². The highest BCUT2D eigenvalue weighted by Gasteiger charge is 2.50. The number of benzene rings is 2. The minimum Gasteiger partial charge on any atom is -0.468 e. The molecule has 0 aliphatic carbocycles. The summed E-state index contributed by atoms with van der Waals surface area (Å²) in [5, 5.41) is 0. The summed E-state index contributed by atoms with van der Waals surface area (Å²) in [6.45, 7) is 2.26. The Morgan fingerprint density at radius 1 is 0.821 bits per heavy atom. The molecular formula is C31H34O8. The molecule has 0 bridgehead atoms. The lowest BCUT2D eigenvalue weighted by atomic mass is 9.76. The van der Waals surface area contributed by atoms with Crippen LogP contribution in [0, 0.1) is 11.3 Å². The van der Waals surface area contributed by atoms with Crippen LogP contribution in [0.25, 0.3) is 12.2 Å². The van der Waals surface area contributed by atoms with Crippen molar-refractivity contribution in [3.63, 3.8) is 0 Å². The average molecular weight is 535 g/mol. The van der Waals surface area contributed by atoms with Crippen LogP contribution in [0.3, 0.4) is 0 Å². The molecule has 2 aromatic carbocycles. The SMILES string of the molecule is COC(=O)[C@H]1C(=O)CCO[C@@H]1/C=C/c1ccccc1.COC(=O)[C@]1(C)C(=O)CCO[C@@H]1/C=C/c1ccccc1. The smallest absolute Gasteiger partial charge is 0.322 e. The zero-order valence-corrected chi connectivity index (χ0v) is 22.4. The highest BCUT2D eigenvalue weighted by Crippen LogP contribution is 2.33. The van der Waals surface area contributed by atoms with Gasteiger partial charge in [-0.3, -0.25) is 19.2 Å². The van der Waals surface area contributed by atoms with E-state index < -0.39 is 35.5 Å². The summed E-state index contributed by atoms with van der Waals surface area (Å²) in [6, 6.07) is 19.3. The van der Waals surface area contributed by atoms with Gasteiger partial charge in [-0.25, -0.2) is 0 Å². The van der Waals surface area contributed by atoms with Gasteiger partial charge in [0.25, 0.3) is 0 Å². The fourth-order valence-electron chi connectivity index (χ4n) is 4.38. The fraction of sp³-hybridized carbons (Fsp3) is 0.355. The lowest BCUT2D eigenvalue weighted by molar-refractivity contribution is -0.170. The van der Waals surface area contributed by atoms with Gasteiger partial charge in [-0.05, 0) is 18.1 Å². The van der Waals surface area contributed by atoms with Crippen LogP contribution >= 0.6 is 0 Å². The highest BCUT2D eigenvalue weighted by atomic mass is 16.5. The van der Waals surface area contributed by atoms with Crippen LogP contribution in [0.15, 0.2) is 72.8 Å². The van der Waals surface area contributed by atoms with Crippen molar-refractivity contribution in [3.8, 4) is 0 Å². The average Bonchev–Trinajstić information content (AvgIpc) is 2.97. The van der Waals surface area contributed by atoms with E-state index in [4.69, 9.17) is 14.2 Å². The Kier molecular flexibility index (Phi) is 10.9. The predicted molar refractivity (Wildman–Crippen MR) is 145 cm³/mol. The van der Waals surface area contributed by atoms with Crippen LogP contribution in [-0.4, -0.2) is 63.1 Å². The summed E-state index contributed by atoms with van der Waals surface area (Å²) in [7, 11) is 2.57. The standard InChI is InChI=1S/C16H18O4.C15H16O4/c1-16(15(18)19-2)13(17)10-11-20-14(16)9-8-12-6-4-3-5-7-12;1-18-15(17)14-12(16)9-10-19-13(14)8-7-11-5-3-2-4-6-11/h3-9,14H,10-11H2,1-2H3;2-8,13-14H,9-10H2,1H3/b9-8+;8-7+/t14-,16-;13-,14+/m11/s1. The lowest BCUT2D eigenvalue weighted by Gasteiger charge is -2.35. The molecule has 0 aromatic heterocycles. The zero-order chi connectivity index (χ0) is 28.3. The van der Waals surface area contributed by atoms with E-state index in [0.29, 0.717) is 13.2 Å². The monoisotopic (exact) mass is 534 g/mol. The molecular weight excluding hydrogens is 500 g/mol. The van der Waals surface area contributed by atoms with Gasteiger partial charge in [0.1, 0.15) is 5.92 Å². The molecule has 0 radical (unpaired) electrons. The molecule has 0 spiro atoms. The van der Waals surface area contributed by atoms with Gasteiger partial charge in [0.2, 0.25) is 0 Å². The Bertz CT molecular complexity index is 1170. The molecule has 0 unspecified atom stereocenters. The fourth-order valence-corrected chi connectivity index (χ4v) is 4.38. The van der Waals surface area contributed by atoms with Crippen molar-refractivity contribution in [1.29, 1.82) is 0 Å². The molecule has 39 heavy (non-hydrogen) atoms. The first kappa shape index (κ1) is 29.7. The summed E-state index contributed by atoms with van der Waals surface area (Å²) in [4.78, 5) is 47.5. The van der Waals surface area contributed by atoms with Gasteiger partial charge < -0.3 is 18.9 Å². The van der Waals surface area contributed by atoms with Gasteiger partial charge in [-0.1, -0.05) is 85.0 Å². The maximum atomic E-state index is 12.1. The Hall–Kier alpha value is -3.88. The van der Waals surface area contributed by atoms with Crippen molar-refractivity contribution in [2.75, 3.05) is 27.4 Å². The van der Waals surface area contributed by atoms with Gasteiger partial charge in [-0.15, -0.1) is 0 Å². The largest absolute Gasteiger partial charge is 0.468 e. The third-order valence-electron chi connectivity index (χ3n) is 6.71. The zero-order valence-electron chi connectivity index (χ0n) is 22.4. The maximum absolute atomic E-state index is 12.1. The first-order valence-electron chi connectivity index (χ1n) is 12.7. The number of esters is 2. The van der Waals surface area contributed by atoms with Crippen molar-refractivity contribution in [3.05, 3.63) is 83.9 Å². The molecule has 2 heterocycles. The molecule has 2 aliphatic rings. The van der Waals surface area contributed by atoms with E-state index in [0.717, 1.165) is 11.1 Å². The number of Topliss-reactive ketones (excluding diaryl/α,β-unsaturated/α-hetero) is 2. The van der Waals surface area contributed by atoms with E-state index in [1.807, 2.05) is 72.8 Å². The van der Waals surface area contributed by atoms with Crippen LogP contribution in [0.1, 0.15) is 30.9 Å². The summed E-state index contributed by atoms with van der Waals surface area (Å²) in [6.07, 6.45) is 6.54. The molecule has 2 saturated heterocycles. The summed E-state index contributed by atoms with van der Waals surface area (Å²) < 4.78 is 20.5. The molecule has 4 atom stereocenters.